The number of benzene rings is 4. The van der Waals surface area contributed by atoms with Crippen LogP contribution in [0.25, 0.3) is 22.3 Å². The van der Waals surface area contributed by atoms with E-state index in [1.165, 1.54) is 21.2 Å². The highest BCUT2D eigenvalue weighted by atomic mass is 32.2. The van der Waals surface area contributed by atoms with Crippen LogP contribution in [0.5, 0.6) is 0 Å². The number of fused-ring (bicyclic) bond motifs is 2. The fourth-order valence-corrected chi connectivity index (χ4v) is 5.49. The third kappa shape index (κ3) is 3.44. The molecule has 0 amide bonds. The lowest BCUT2D eigenvalue weighted by Gasteiger charge is -2.34. The van der Waals surface area contributed by atoms with Gasteiger partial charge in [-0.15, -0.1) is 0 Å². The molecule has 0 fully saturated rings. The van der Waals surface area contributed by atoms with E-state index < -0.39 is 0 Å². The summed E-state index contributed by atoms with van der Waals surface area (Å²) in [4.78, 5) is 9.05. The maximum atomic E-state index is 9.47. The van der Waals surface area contributed by atoms with Gasteiger partial charge in [-0.05, 0) is 47.5 Å². The Kier molecular flexibility index (Phi) is 5.10. The largest absolute Gasteiger partial charge is 0.308 e. The number of anilines is 3. The first-order chi connectivity index (χ1) is 16.8. The van der Waals surface area contributed by atoms with Gasteiger partial charge in [-0.25, -0.2) is 0 Å². The van der Waals surface area contributed by atoms with Gasteiger partial charge in [0.05, 0.1) is 28.7 Å². The van der Waals surface area contributed by atoms with Crippen LogP contribution in [0.15, 0.2) is 125 Å². The second-order valence-electron chi connectivity index (χ2n) is 8.00. The third-order valence-electron chi connectivity index (χ3n) is 6.03. The summed E-state index contributed by atoms with van der Waals surface area (Å²) in [5.74, 6) is 0. The van der Waals surface area contributed by atoms with Crippen LogP contribution in [0.1, 0.15) is 5.56 Å². The van der Waals surface area contributed by atoms with E-state index in [0.717, 1.165) is 27.9 Å². The van der Waals surface area contributed by atoms with Crippen LogP contribution in [-0.2, 0) is 0 Å². The standard InChI is InChI=1S/C30H19N3S/c31-19-23-17-18-32-20-25(23)22-15-13-21(14-16-22)24-7-1-2-8-26(24)33-27-9-3-5-11-29(27)34-30-12-6-4-10-28(30)33/h1-18,20H. The van der Waals surface area contributed by atoms with Gasteiger partial charge in [-0.3, -0.25) is 4.98 Å². The molecule has 2 heterocycles. The van der Waals surface area contributed by atoms with Crippen LogP contribution in [0, 0.1) is 11.3 Å². The quantitative estimate of drug-likeness (QED) is 0.271. The zero-order valence-corrected chi connectivity index (χ0v) is 19.0. The van der Waals surface area contributed by atoms with E-state index in [1.54, 1.807) is 18.5 Å². The van der Waals surface area contributed by atoms with Gasteiger partial charge < -0.3 is 4.90 Å². The summed E-state index contributed by atoms with van der Waals surface area (Å²) in [5.41, 5.74) is 8.23. The van der Waals surface area contributed by atoms with Crippen LogP contribution in [0.2, 0.25) is 0 Å². The molecule has 1 aliphatic rings. The number of pyridine rings is 1. The van der Waals surface area contributed by atoms with Crippen molar-refractivity contribution < 1.29 is 0 Å². The number of nitriles is 1. The maximum absolute atomic E-state index is 9.47. The molecule has 0 spiro atoms. The SMILES string of the molecule is N#Cc1ccncc1-c1ccc(-c2ccccc2N2c3ccccc3Sc3ccccc32)cc1. The van der Waals surface area contributed by atoms with Crippen molar-refractivity contribution in [3.8, 4) is 28.3 Å². The minimum Gasteiger partial charge on any atom is -0.308 e. The molecular weight excluding hydrogens is 434 g/mol. The van der Waals surface area contributed by atoms with E-state index in [9.17, 15) is 5.26 Å². The van der Waals surface area contributed by atoms with E-state index in [-0.39, 0.29) is 0 Å². The molecule has 6 rings (SSSR count). The molecule has 1 aromatic heterocycles. The summed E-state index contributed by atoms with van der Waals surface area (Å²) in [6, 6.07) is 38.0. The fourth-order valence-electron chi connectivity index (χ4n) is 4.43. The highest BCUT2D eigenvalue weighted by Gasteiger charge is 2.26. The first-order valence-electron chi connectivity index (χ1n) is 11.0. The molecule has 160 valence electrons. The number of nitrogens with zero attached hydrogens (tertiary/aromatic N) is 3. The molecule has 4 heteroatoms. The first-order valence-corrected chi connectivity index (χ1v) is 11.8. The van der Waals surface area contributed by atoms with Gasteiger partial charge in [0.25, 0.3) is 0 Å². The Hall–Kier alpha value is -4.33. The number of hydrogen-bond donors (Lipinski definition) is 0. The number of para-hydroxylation sites is 3. The molecule has 1 aliphatic heterocycles. The van der Waals surface area contributed by atoms with E-state index in [4.69, 9.17) is 0 Å². The fraction of sp³-hybridized carbons (Fsp3) is 0. The van der Waals surface area contributed by atoms with Crippen molar-refractivity contribution in [3.05, 3.63) is 121 Å². The Labute approximate surface area is 203 Å². The lowest BCUT2D eigenvalue weighted by atomic mass is 9.97. The Balaban J connectivity index is 1.48. The van der Waals surface area contributed by atoms with E-state index in [2.05, 4.69) is 113 Å². The van der Waals surface area contributed by atoms with Gasteiger partial charge in [0.2, 0.25) is 0 Å². The van der Waals surface area contributed by atoms with Crippen molar-refractivity contribution in [2.75, 3.05) is 4.90 Å². The molecule has 34 heavy (non-hydrogen) atoms. The highest BCUT2D eigenvalue weighted by molar-refractivity contribution is 7.99. The highest BCUT2D eigenvalue weighted by Crippen LogP contribution is 2.52. The Morgan fingerprint density at radius 1 is 0.618 bits per heavy atom. The van der Waals surface area contributed by atoms with Crippen molar-refractivity contribution in [3.63, 3.8) is 0 Å². The molecule has 0 atom stereocenters. The summed E-state index contributed by atoms with van der Waals surface area (Å²) < 4.78 is 0. The molecule has 0 unspecified atom stereocenters. The van der Waals surface area contributed by atoms with Crippen molar-refractivity contribution in [1.29, 1.82) is 5.26 Å². The smallest absolute Gasteiger partial charge is 0.0999 e. The summed E-state index contributed by atoms with van der Waals surface area (Å²) in [6.45, 7) is 0. The molecule has 0 radical (unpaired) electrons. The average molecular weight is 454 g/mol. The molecular formula is C30H19N3S. The second-order valence-corrected chi connectivity index (χ2v) is 9.08. The van der Waals surface area contributed by atoms with Gasteiger partial charge in [0.15, 0.2) is 0 Å². The first kappa shape index (κ1) is 20.3. The molecule has 0 saturated heterocycles. The summed E-state index contributed by atoms with van der Waals surface area (Å²) in [7, 11) is 0. The lowest BCUT2D eigenvalue weighted by molar-refractivity contribution is 1.17. The van der Waals surface area contributed by atoms with Crippen LogP contribution in [0.3, 0.4) is 0 Å². The molecule has 5 aromatic rings. The predicted octanol–water partition coefficient (Wildman–Crippen LogP) is 8.22. The molecule has 0 N–H and O–H groups in total. The Bertz CT molecular complexity index is 1500. The van der Waals surface area contributed by atoms with Crippen LogP contribution in [0.4, 0.5) is 17.1 Å². The molecule has 4 aromatic carbocycles. The summed E-state index contributed by atoms with van der Waals surface area (Å²) >= 11 is 1.81. The Morgan fingerprint density at radius 3 is 1.82 bits per heavy atom. The van der Waals surface area contributed by atoms with Crippen molar-refractivity contribution in [2.45, 2.75) is 9.79 Å². The third-order valence-corrected chi connectivity index (χ3v) is 7.16. The Morgan fingerprint density at radius 2 is 1.18 bits per heavy atom. The normalized spacial score (nSPS) is 11.9. The van der Waals surface area contributed by atoms with Gasteiger partial charge in [-0.2, -0.15) is 5.26 Å². The van der Waals surface area contributed by atoms with Crippen molar-refractivity contribution >= 4 is 28.8 Å². The van der Waals surface area contributed by atoms with E-state index in [1.807, 2.05) is 11.8 Å². The number of rotatable bonds is 3. The van der Waals surface area contributed by atoms with Crippen molar-refractivity contribution in [1.82, 2.24) is 4.98 Å². The zero-order valence-electron chi connectivity index (χ0n) is 18.2. The second kappa shape index (κ2) is 8.55. The molecule has 0 saturated carbocycles. The maximum Gasteiger partial charge on any atom is 0.0999 e. The summed E-state index contributed by atoms with van der Waals surface area (Å²) in [6.07, 6.45) is 3.40. The monoisotopic (exact) mass is 453 g/mol. The van der Waals surface area contributed by atoms with Gasteiger partial charge in [0, 0.05) is 33.3 Å². The van der Waals surface area contributed by atoms with Gasteiger partial charge >= 0.3 is 0 Å². The van der Waals surface area contributed by atoms with Crippen LogP contribution < -0.4 is 4.90 Å². The van der Waals surface area contributed by atoms with E-state index in [0.29, 0.717) is 5.56 Å². The van der Waals surface area contributed by atoms with Crippen LogP contribution in [-0.4, -0.2) is 4.98 Å². The van der Waals surface area contributed by atoms with Crippen LogP contribution >= 0.6 is 11.8 Å². The number of hydrogen-bond acceptors (Lipinski definition) is 4. The molecule has 3 nitrogen and oxygen atoms in total. The summed E-state index contributed by atoms with van der Waals surface area (Å²) in [5, 5.41) is 9.47. The molecule has 0 aliphatic carbocycles. The number of aromatic nitrogens is 1. The average Bonchev–Trinajstić information content (AvgIpc) is 2.92. The van der Waals surface area contributed by atoms with Gasteiger partial charge in [0.1, 0.15) is 0 Å². The van der Waals surface area contributed by atoms with Gasteiger partial charge in [-0.1, -0.05) is 78.5 Å². The zero-order chi connectivity index (χ0) is 22.9. The topological polar surface area (TPSA) is 39.9 Å². The van der Waals surface area contributed by atoms with E-state index >= 15 is 0 Å². The minimum atomic E-state index is 0.627. The minimum absolute atomic E-state index is 0.627. The van der Waals surface area contributed by atoms with Crippen molar-refractivity contribution in [2.24, 2.45) is 0 Å². The lowest BCUT2D eigenvalue weighted by Crippen LogP contribution is -2.15. The predicted molar refractivity (Wildman–Crippen MR) is 139 cm³/mol. The molecule has 0 bridgehead atoms.